The van der Waals surface area contributed by atoms with Crippen LogP contribution in [0.5, 0.6) is 0 Å². The summed E-state index contributed by atoms with van der Waals surface area (Å²) in [5.74, 6) is -0.904. The van der Waals surface area contributed by atoms with Gasteiger partial charge < -0.3 is 10.4 Å². The lowest BCUT2D eigenvalue weighted by molar-refractivity contribution is 0.0699. The molecule has 4 heteroatoms. The van der Waals surface area contributed by atoms with Crippen LogP contribution in [0.2, 0.25) is 0 Å². The fraction of sp³-hybridized carbons (Fsp3) is 0.286. The van der Waals surface area contributed by atoms with E-state index in [4.69, 9.17) is 0 Å². The van der Waals surface area contributed by atoms with Crippen LogP contribution in [0.3, 0.4) is 0 Å². The van der Waals surface area contributed by atoms with E-state index in [0.29, 0.717) is 10.9 Å². The molecule has 0 aliphatic rings. The quantitative estimate of drug-likeness (QED) is 0.863. The number of nitrogens with one attached hydrogen (secondary N) is 1. The molecule has 0 radical (unpaired) electrons. The molecule has 0 unspecified atom stereocenters. The molecule has 0 atom stereocenters. The maximum absolute atomic E-state index is 11.3. The molecule has 2 rings (SSSR count). The van der Waals surface area contributed by atoms with E-state index >= 15 is 0 Å². The summed E-state index contributed by atoms with van der Waals surface area (Å²) in [6.07, 6.45) is 0.723. The van der Waals surface area contributed by atoms with Crippen LogP contribution in [0, 0.1) is 6.92 Å². The van der Waals surface area contributed by atoms with Gasteiger partial charge in [-0.2, -0.15) is 0 Å². The van der Waals surface area contributed by atoms with Crippen LogP contribution in [0.1, 0.15) is 21.6 Å². The molecule has 0 amide bonds. The first-order valence-corrected chi connectivity index (χ1v) is 5.90. The Morgan fingerprint density at radius 2 is 2.17 bits per heavy atom. The molecular formula is C14H16N2O2. The highest BCUT2D eigenvalue weighted by atomic mass is 16.4. The molecule has 0 spiro atoms. The van der Waals surface area contributed by atoms with Crippen molar-refractivity contribution in [3.8, 4) is 0 Å². The molecule has 2 N–H and O–H groups in total. The molecule has 4 nitrogen and oxygen atoms in total. The molecular weight excluding hydrogens is 228 g/mol. The number of nitrogens with zero attached hydrogens (tertiary/aromatic N) is 1. The van der Waals surface area contributed by atoms with Crippen molar-refractivity contribution < 1.29 is 9.90 Å². The van der Waals surface area contributed by atoms with Gasteiger partial charge in [0.05, 0.1) is 11.1 Å². The first kappa shape index (κ1) is 12.5. The van der Waals surface area contributed by atoms with Crippen molar-refractivity contribution in [2.75, 3.05) is 13.6 Å². The van der Waals surface area contributed by atoms with Gasteiger partial charge in [0.25, 0.3) is 0 Å². The van der Waals surface area contributed by atoms with Crippen molar-refractivity contribution in [3.63, 3.8) is 0 Å². The minimum Gasteiger partial charge on any atom is -0.478 e. The first-order valence-electron chi connectivity index (χ1n) is 5.90. The van der Waals surface area contributed by atoms with Crippen molar-refractivity contribution in [1.82, 2.24) is 10.3 Å². The minimum absolute atomic E-state index is 0.329. The average molecular weight is 244 g/mol. The second-order valence-electron chi connectivity index (χ2n) is 4.34. The van der Waals surface area contributed by atoms with Gasteiger partial charge in [-0.1, -0.05) is 11.6 Å². The number of benzene rings is 1. The van der Waals surface area contributed by atoms with Gasteiger partial charge in [-0.05, 0) is 32.2 Å². The van der Waals surface area contributed by atoms with E-state index in [1.807, 2.05) is 32.2 Å². The van der Waals surface area contributed by atoms with E-state index in [9.17, 15) is 9.90 Å². The third-order valence-electron chi connectivity index (χ3n) is 2.88. The Labute approximate surface area is 106 Å². The Morgan fingerprint density at radius 1 is 1.39 bits per heavy atom. The third kappa shape index (κ3) is 2.49. The Hall–Kier alpha value is -1.94. The van der Waals surface area contributed by atoms with Gasteiger partial charge in [0, 0.05) is 24.0 Å². The highest BCUT2D eigenvalue weighted by Crippen LogP contribution is 2.20. The molecule has 2 aromatic rings. The maximum atomic E-state index is 11.3. The maximum Gasteiger partial charge on any atom is 0.336 e. The van der Waals surface area contributed by atoms with Crippen molar-refractivity contribution in [2.24, 2.45) is 0 Å². The summed E-state index contributed by atoms with van der Waals surface area (Å²) in [4.78, 5) is 15.8. The second-order valence-corrected chi connectivity index (χ2v) is 4.34. The van der Waals surface area contributed by atoms with Gasteiger partial charge >= 0.3 is 5.97 Å². The molecule has 18 heavy (non-hydrogen) atoms. The van der Waals surface area contributed by atoms with Crippen LogP contribution < -0.4 is 5.32 Å². The van der Waals surface area contributed by atoms with Crippen LogP contribution in [-0.4, -0.2) is 29.7 Å². The molecule has 1 aromatic heterocycles. The highest BCUT2D eigenvalue weighted by molar-refractivity contribution is 6.02. The topological polar surface area (TPSA) is 62.2 Å². The van der Waals surface area contributed by atoms with Crippen molar-refractivity contribution in [3.05, 3.63) is 41.1 Å². The largest absolute Gasteiger partial charge is 0.478 e. The smallest absolute Gasteiger partial charge is 0.336 e. The van der Waals surface area contributed by atoms with E-state index in [1.165, 1.54) is 0 Å². The Balaban J connectivity index is 2.59. The molecule has 0 saturated heterocycles. The number of pyridine rings is 1. The van der Waals surface area contributed by atoms with Gasteiger partial charge in [-0.15, -0.1) is 0 Å². The number of aryl methyl sites for hydroxylation is 1. The molecule has 1 heterocycles. The van der Waals surface area contributed by atoms with Crippen molar-refractivity contribution in [1.29, 1.82) is 0 Å². The zero-order valence-corrected chi connectivity index (χ0v) is 10.5. The second kappa shape index (κ2) is 5.14. The number of fused-ring (bicyclic) bond motifs is 1. The number of hydrogen-bond acceptors (Lipinski definition) is 3. The SMILES string of the molecule is CNCCc1cc(C(=O)O)c2cc(C)ccc2n1. The summed E-state index contributed by atoms with van der Waals surface area (Å²) < 4.78 is 0. The van der Waals surface area contributed by atoms with Gasteiger partial charge in [0.2, 0.25) is 0 Å². The van der Waals surface area contributed by atoms with E-state index < -0.39 is 5.97 Å². The van der Waals surface area contributed by atoms with E-state index in [1.54, 1.807) is 6.07 Å². The Morgan fingerprint density at radius 3 is 2.83 bits per heavy atom. The fourth-order valence-electron chi connectivity index (χ4n) is 1.95. The summed E-state index contributed by atoms with van der Waals surface area (Å²) in [6, 6.07) is 7.36. The normalized spacial score (nSPS) is 10.8. The summed E-state index contributed by atoms with van der Waals surface area (Å²) >= 11 is 0. The van der Waals surface area contributed by atoms with Gasteiger partial charge in [0.1, 0.15) is 0 Å². The minimum atomic E-state index is -0.904. The number of aromatic carboxylic acids is 1. The number of carbonyl (C=O) groups is 1. The zero-order chi connectivity index (χ0) is 13.1. The fourth-order valence-corrected chi connectivity index (χ4v) is 1.95. The lowest BCUT2D eigenvalue weighted by Crippen LogP contribution is -2.12. The predicted molar refractivity (Wildman–Crippen MR) is 71.1 cm³/mol. The van der Waals surface area contributed by atoms with Gasteiger partial charge in [0.15, 0.2) is 0 Å². The van der Waals surface area contributed by atoms with Crippen molar-refractivity contribution in [2.45, 2.75) is 13.3 Å². The van der Waals surface area contributed by atoms with Crippen LogP contribution in [0.4, 0.5) is 0 Å². The standard InChI is InChI=1S/C14H16N2O2/c1-9-3-4-13-11(7-9)12(14(17)18)8-10(16-13)5-6-15-2/h3-4,7-8,15H,5-6H2,1-2H3,(H,17,18). The van der Waals surface area contributed by atoms with Gasteiger partial charge in [-0.25, -0.2) is 4.79 Å². The molecule has 0 aliphatic carbocycles. The van der Waals surface area contributed by atoms with Gasteiger partial charge in [-0.3, -0.25) is 4.98 Å². The number of carboxylic acid groups (broad SMARTS) is 1. The number of hydrogen-bond donors (Lipinski definition) is 2. The predicted octanol–water partition coefficient (Wildman–Crippen LogP) is 2.00. The van der Waals surface area contributed by atoms with Crippen LogP contribution in [0.15, 0.2) is 24.3 Å². The highest BCUT2D eigenvalue weighted by Gasteiger charge is 2.11. The van der Waals surface area contributed by atoms with E-state index in [2.05, 4.69) is 10.3 Å². The first-order chi connectivity index (χ1) is 8.61. The lowest BCUT2D eigenvalue weighted by Gasteiger charge is -2.07. The monoisotopic (exact) mass is 244 g/mol. The third-order valence-corrected chi connectivity index (χ3v) is 2.88. The molecule has 0 saturated carbocycles. The van der Waals surface area contributed by atoms with E-state index in [-0.39, 0.29) is 0 Å². The molecule has 0 bridgehead atoms. The Bertz CT molecular complexity index is 594. The molecule has 0 aliphatic heterocycles. The molecule has 94 valence electrons. The van der Waals surface area contributed by atoms with Crippen LogP contribution in [-0.2, 0) is 6.42 Å². The Kier molecular flexibility index (Phi) is 3.58. The summed E-state index contributed by atoms with van der Waals surface area (Å²) in [5, 5.41) is 13.0. The summed E-state index contributed by atoms with van der Waals surface area (Å²) in [7, 11) is 1.86. The van der Waals surface area contributed by atoms with Crippen LogP contribution >= 0.6 is 0 Å². The summed E-state index contributed by atoms with van der Waals surface area (Å²) in [5.41, 5.74) is 2.91. The average Bonchev–Trinajstić information content (AvgIpc) is 2.35. The number of likely N-dealkylation sites (N-methyl/N-ethyl adjacent to an activating group) is 1. The van der Waals surface area contributed by atoms with Crippen LogP contribution in [0.25, 0.3) is 10.9 Å². The lowest BCUT2D eigenvalue weighted by atomic mass is 10.0. The zero-order valence-electron chi connectivity index (χ0n) is 10.5. The summed E-state index contributed by atoms with van der Waals surface area (Å²) in [6.45, 7) is 2.73. The van der Waals surface area contributed by atoms with E-state index in [0.717, 1.165) is 29.7 Å². The number of carboxylic acids is 1. The number of aromatic nitrogens is 1. The van der Waals surface area contributed by atoms with Crippen molar-refractivity contribution >= 4 is 16.9 Å². The number of rotatable bonds is 4. The molecule has 0 fully saturated rings. The molecule has 1 aromatic carbocycles.